The number of carboxylic acid groups (broad SMARTS) is 1. The van der Waals surface area contributed by atoms with Crippen LogP contribution in [0.2, 0.25) is 5.28 Å². The minimum absolute atomic E-state index is 0.101. The highest BCUT2D eigenvalue weighted by Crippen LogP contribution is 2.23. The van der Waals surface area contributed by atoms with Crippen molar-refractivity contribution >= 4 is 17.6 Å². The molecule has 5 nitrogen and oxygen atoms in total. The van der Waals surface area contributed by atoms with Gasteiger partial charge in [-0.25, -0.2) is 9.78 Å². The van der Waals surface area contributed by atoms with Crippen molar-refractivity contribution < 1.29 is 14.6 Å². The molecule has 0 unspecified atom stereocenters. The molecule has 1 aromatic rings. The number of aromatic nitrogens is 2. The highest BCUT2D eigenvalue weighted by molar-refractivity contribution is 6.28. The maximum Gasteiger partial charge on any atom is 0.354 e. The zero-order chi connectivity index (χ0) is 12.3. The highest BCUT2D eigenvalue weighted by atomic mass is 35.5. The first-order valence-electron chi connectivity index (χ1n) is 5.59. The van der Waals surface area contributed by atoms with E-state index in [1.54, 1.807) is 0 Å². The lowest BCUT2D eigenvalue weighted by Gasteiger charge is -2.22. The van der Waals surface area contributed by atoms with Crippen LogP contribution in [0.25, 0.3) is 0 Å². The lowest BCUT2D eigenvalue weighted by molar-refractivity contribution is 0.0688. The van der Waals surface area contributed by atoms with Crippen LogP contribution in [-0.4, -0.2) is 27.1 Å². The van der Waals surface area contributed by atoms with Crippen molar-refractivity contribution in [2.75, 3.05) is 0 Å². The van der Waals surface area contributed by atoms with Crippen molar-refractivity contribution in [2.24, 2.45) is 0 Å². The van der Waals surface area contributed by atoms with E-state index in [0.717, 1.165) is 25.7 Å². The van der Waals surface area contributed by atoms with Gasteiger partial charge in [0.1, 0.15) is 6.10 Å². The fourth-order valence-electron chi connectivity index (χ4n) is 1.92. The molecule has 2 rings (SSSR count). The molecule has 0 bridgehead atoms. The number of nitrogens with zero attached hydrogens (tertiary/aromatic N) is 2. The van der Waals surface area contributed by atoms with E-state index < -0.39 is 5.97 Å². The quantitative estimate of drug-likeness (QED) is 0.842. The van der Waals surface area contributed by atoms with Gasteiger partial charge in [-0.3, -0.25) is 0 Å². The SMILES string of the molecule is O=C(O)c1cc(OC2CCCCC2)nc(Cl)n1. The topological polar surface area (TPSA) is 72.3 Å². The molecule has 1 aromatic heterocycles. The van der Waals surface area contributed by atoms with E-state index in [2.05, 4.69) is 9.97 Å². The second-order valence-electron chi connectivity index (χ2n) is 4.04. The molecular weight excluding hydrogens is 244 g/mol. The molecule has 0 atom stereocenters. The van der Waals surface area contributed by atoms with Gasteiger partial charge >= 0.3 is 5.97 Å². The molecule has 1 N–H and O–H groups in total. The first-order valence-corrected chi connectivity index (χ1v) is 5.97. The zero-order valence-electron chi connectivity index (χ0n) is 9.23. The fourth-order valence-corrected chi connectivity index (χ4v) is 2.09. The Balaban J connectivity index is 2.11. The van der Waals surface area contributed by atoms with Crippen LogP contribution in [0.5, 0.6) is 5.88 Å². The molecule has 1 aliphatic rings. The molecule has 6 heteroatoms. The van der Waals surface area contributed by atoms with Crippen LogP contribution in [0, 0.1) is 0 Å². The van der Waals surface area contributed by atoms with Crippen LogP contribution < -0.4 is 4.74 Å². The Kier molecular flexibility index (Phi) is 3.78. The Morgan fingerprint density at radius 3 is 2.71 bits per heavy atom. The van der Waals surface area contributed by atoms with Gasteiger partial charge < -0.3 is 9.84 Å². The number of halogens is 1. The monoisotopic (exact) mass is 256 g/mol. The van der Waals surface area contributed by atoms with Crippen molar-refractivity contribution in [3.05, 3.63) is 17.0 Å². The summed E-state index contributed by atoms with van der Waals surface area (Å²) in [5, 5.41) is 8.73. The Bertz CT molecular complexity index is 419. The Hall–Kier alpha value is -1.36. The number of rotatable bonds is 3. The van der Waals surface area contributed by atoms with Crippen molar-refractivity contribution in [3.8, 4) is 5.88 Å². The van der Waals surface area contributed by atoms with Gasteiger partial charge in [0.2, 0.25) is 11.2 Å². The molecule has 1 fully saturated rings. The molecular formula is C11H13ClN2O3. The summed E-state index contributed by atoms with van der Waals surface area (Å²) in [7, 11) is 0. The average molecular weight is 257 g/mol. The highest BCUT2D eigenvalue weighted by Gasteiger charge is 2.17. The van der Waals surface area contributed by atoms with Gasteiger partial charge in [-0.05, 0) is 37.3 Å². The van der Waals surface area contributed by atoms with Gasteiger partial charge in [0.25, 0.3) is 0 Å². The van der Waals surface area contributed by atoms with Gasteiger partial charge in [0.05, 0.1) is 0 Å². The smallest absolute Gasteiger partial charge is 0.354 e. The van der Waals surface area contributed by atoms with Gasteiger partial charge in [-0.1, -0.05) is 6.42 Å². The summed E-state index contributed by atoms with van der Waals surface area (Å²) in [6.07, 6.45) is 5.56. The fraction of sp³-hybridized carbons (Fsp3) is 0.545. The Labute approximate surface area is 104 Å². The molecule has 0 aliphatic heterocycles. The first kappa shape index (κ1) is 12.1. The third-order valence-corrected chi connectivity index (χ3v) is 2.90. The molecule has 0 spiro atoms. The van der Waals surface area contributed by atoms with E-state index in [9.17, 15) is 4.79 Å². The lowest BCUT2D eigenvalue weighted by Crippen LogP contribution is -2.20. The summed E-state index contributed by atoms with van der Waals surface area (Å²) in [5.41, 5.74) is -0.143. The third-order valence-electron chi connectivity index (χ3n) is 2.73. The minimum atomic E-state index is -1.14. The molecule has 0 radical (unpaired) electrons. The second-order valence-corrected chi connectivity index (χ2v) is 4.38. The van der Waals surface area contributed by atoms with Crippen molar-refractivity contribution in [3.63, 3.8) is 0 Å². The van der Waals surface area contributed by atoms with Crippen molar-refractivity contribution in [1.82, 2.24) is 9.97 Å². The van der Waals surface area contributed by atoms with E-state index in [4.69, 9.17) is 21.4 Å². The van der Waals surface area contributed by atoms with E-state index in [1.807, 2.05) is 0 Å². The summed E-state index contributed by atoms with van der Waals surface area (Å²) < 4.78 is 5.63. The van der Waals surface area contributed by atoms with E-state index in [-0.39, 0.29) is 23.0 Å². The van der Waals surface area contributed by atoms with Gasteiger partial charge in [-0.15, -0.1) is 0 Å². The van der Waals surface area contributed by atoms with Gasteiger partial charge in [-0.2, -0.15) is 4.98 Å². The van der Waals surface area contributed by atoms with Crippen LogP contribution in [0.4, 0.5) is 0 Å². The predicted molar refractivity (Wildman–Crippen MR) is 61.5 cm³/mol. The molecule has 0 saturated heterocycles. The van der Waals surface area contributed by atoms with Crippen LogP contribution in [0.3, 0.4) is 0 Å². The average Bonchev–Trinajstić information content (AvgIpc) is 2.29. The molecule has 0 aromatic carbocycles. The van der Waals surface area contributed by atoms with E-state index in [1.165, 1.54) is 12.5 Å². The van der Waals surface area contributed by atoms with E-state index in [0.29, 0.717) is 0 Å². The second kappa shape index (κ2) is 5.31. The molecule has 0 amide bonds. The largest absolute Gasteiger partial charge is 0.477 e. The number of carboxylic acids is 1. The standard InChI is InChI=1S/C11H13ClN2O3/c12-11-13-8(10(15)16)6-9(14-11)17-7-4-2-1-3-5-7/h6-7H,1-5H2,(H,15,16). The third kappa shape index (κ3) is 3.30. The molecule has 1 saturated carbocycles. The van der Waals surface area contributed by atoms with Crippen molar-refractivity contribution in [1.29, 1.82) is 0 Å². The lowest BCUT2D eigenvalue weighted by atomic mass is 9.98. The molecule has 17 heavy (non-hydrogen) atoms. The number of hydrogen-bond donors (Lipinski definition) is 1. The summed E-state index contributed by atoms with van der Waals surface area (Å²) in [6.45, 7) is 0. The summed E-state index contributed by atoms with van der Waals surface area (Å²) in [5.74, 6) is -0.892. The van der Waals surface area contributed by atoms with Crippen molar-refractivity contribution in [2.45, 2.75) is 38.2 Å². The molecule has 1 aliphatic carbocycles. The van der Waals surface area contributed by atoms with Crippen LogP contribution in [-0.2, 0) is 0 Å². The van der Waals surface area contributed by atoms with Crippen LogP contribution in [0.15, 0.2) is 6.07 Å². The first-order chi connectivity index (χ1) is 8.15. The Morgan fingerprint density at radius 2 is 2.06 bits per heavy atom. The van der Waals surface area contributed by atoms with Gasteiger partial charge in [0, 0.05) is 6.07 Å². The number of aromatic carboxylic acids is 1. The number of hydrogen-bond acceptors (Lipinski definition) is 4. The summed E-state index contributed by atoms with van der Waals surface area (Å²) in [4.78, 5) is 18.3. The van der Waals surface area contributed by atoms with Crippen LogP contribution >= 0.6 is 11.6 Å². The minimum Gasteiger partial charge on any atom is -0.477 e. The summed E-state index contributed by atoms with van der Waals surface area (Å²) in [6, 6.07) is 1.31. The number of ether oxygens (including phenoxy) is 1. The maximum atomic E-state index is 10.8. The van der Waals surface area contributed by atoms with Gasteiger partial charge in [0.15, 0.2) is 5.69 Å². The summed E-state index contributed by atoms with van der Waals surface area (Å²) >= 11 is 5.65. The number of carbonyl (C=O) groups is 1. The normalized spacial score (nSPS) is 16.8. The molecule has 1 heterocycles. The predicted octanol–water partition coefficient (Wildman–Crippen LogP) is 2.54. The van der Waals surface area contributed by atoms with E-state index >= 15 is 0 Å². The maximum absolute atomic E-state index is 10.8. The Morgan fingerprint density at radius 1 is 1.35 bits per heavy atom. The zero-order valence-corrected chi connectivity index (χ0v) is 9.98. The molecule has 92 valence electrons. The van der Waals surface area contributed by atoms with Crippen LogP contribution in [0.1, 0.15) is 42.6 Å².